The molecule has 0 radical (unpaired) electrons. The number of benzene rings is 1. The number of carbonyl (C=O) groups excluding carboxylic acids is 1. The molecule has 22 heavy (non-hydrogen) atoms. The third-order valence-corrected chi connectivity index (χ3v) is 5.04. The Labute approximate surface area is 143 Å². The number of amides is 1. The molecule has 1 aromatic carbocycles. The number of likely N-dealkylation sites (tertiary alicyclic amines) is 1. The highest BCUT2D eigenvalue weighted by atomic mass is 35.5. The topological polar surface area (TPSA) is 32.3 Å². The lowest BCUT2D eigenvalue weighted by Crippen LogP contribution is -2.43. The molecule has 0 saturated carbocycles. The maximum Gasteiger partial charge on any atom is 0.226 e. The van der Waals surface area contributed by atoms with Crippen LogP contribution < -0.4 is 5.32 Å². The summed E-state index contributed by atoms with van der Waals surface area (Å²) in [6.07, 6.45) is 5.35. The fourth-order valence-corrected chi connectivity index (χ4v) is 3.81. The first-order valence-electron chi connectivity index (χ1n) is 7.98. The van der Waals surface area contributed by atoms with E-state index >= 15 is 0 Å². The highest BCUT2D eigenvalue weighted by Crippen LogP contribution is 2.26. The molecule has 122 valence electrons. The molecule has 1 unspecified atom stereocenters. The van der Waals surface area contributed by atoms with Crippen molar-refractivity contribution in [2.24, 2.45) is 5.92 Å². The highest BCUT2D eigenvalue weighted by molar-refractivity contribution is 6.30. The van der Waals surface area contributed by atoms with E-state index in [2.05, 4.69) is 5.32 Å². The molecule has 1 atom stereocenters. The Morgan fingerprint density at radius 3 is 2.68 bits per heavy atom. The van der Waals surface area contributed by atoms with Gasteiger partial charge in [0.05, 0.1) is 6.42 Å². The molecule has 2 aliphatic heterocycles. The van der Waals surface area contributed by atoms with E-state index in [0.29, 0.717) is 17.5 Å². The average Bonchev–Trinajstić information content (AvgIpc) is 3.01. The van der Waals surface area contributed by atoms with Crippen LogP contribution in [0.25, 0.3) is 0 Å². The van der Waals surface area contributed by atoms with Gasteiger partial charge in [0, 0.05) is 24.2 Å². The Hall–Kier alpha value is -0.770. The summed E-state index contributed by atoms with van der Waals surface area (Å²) < 4.78 is 0. The fourth-order valence-electron chi connectivity index (χ4n) is 3.60. The number of piperidine rings is 1. The number of halogens is 2. The number of nitrogens with zero attached hydrogens (tertiary/aromatic N) is 1. The Balaban J connectivity index is 0.00000176. The molecule has 1 amide bonds. The van der Waals surface area contributed by atoms with Crippen LogP contribution in [0.2, 0.25) is 5.02 Å². The number of nitrogens with one attached hydrogen (secondary N) is 1. The lowest BCUT2D eigenvalue weighted by atomic mass is 9.88. The van der Waals surface area contributed by atoms with Crippen LogP contribution in [0.1, 0.15) is 31.2 Å². The van der Waals surface area contributed by atoms with Crippen LogP contribution in [0.4, 0.5) is 0 Å². The monoisotopic (exact) mass is 342 g/mol. The summed E-state index contributed by atoms with van der Waals surface area (Å²) in [6, 6.07) is 8.29. The van der Waals surface area contributed by atoms with Gasteiger partial charge >= 0.3 is 0 Å². The predicted molar refractivity (Wildman–Crippen MR) is 92.7 cm³/mol. The predicted octanol–water partition coefficient (Wildman–Crippen LogP) is 3.29. The molecular formula is C17H24Cl2N2O. The highest BCUT2D eigenvalue weighted by Gasteiger charge is 2.29. The van der Waals surface area contributed by atoms with Crippen molar-refractivity contribution in [2.75, 3.05) is 19.6 Å². The third kappa shape index (κ3) is 4.37. The van der Waals surface area contributed by atoms with Gasteiger partial charge in [-0.3, -0.25) is 4.79 Å². The number of hydrogen-bond donors (Lipinski definition) is 1. The second-order valence-corrected chi connectivity index (χ2v) is 6.66. The number of rotatable bonds is 3. The summed E-state index contributed by atoms with van der Waals surface area (Å²) in [5, 5.41) is 4.30. The zero-order valence-corrected chi connectivity index (χ0v) is 14.3. The molecule has 0 aliphatic carbocycles. The molecular weight excluding hydrogens is 319 g/mol. The van der Waals surface area contributed by atoms with Gasteiger partial charge in [-0.2, -0.15) is 0 Å². The first-order valence-corrected chi connectivity index (χ1v) is 8.36. The Morgan fingerprint density at radius 1 is 1.27 bits per heavy atom. The molecule has 2 saturated heterocycles. The molecule has 1 N–H and O–H groups in total. The third-order valence-electron chi connectivity index (χ3n) is 4.80. The lowest BCUT2D eigenvalue weighted by Gasteiger charge is -2.35. The molecule has 2 heterocycles. The van der Waals surface area contributed by atoms with Crippen molar-refractivity contribution in [3.8, 4) is 0 Å². The van der Waals surface area contributed by atoms with Gasteiger partial charge in [0.15, 0.2) is 0 Å². The van der Waals surface area contributed by atoms with Crippen LogP contribution in [-0.2, 0) is 11.2 Å². The quantitative estimate of drug-likeness (QED) is 0.913. The Morgan fingerprint density at radius 2 is 2.05 bits per heavy atom. The van der Waals surface area contributed by atoms with Crippen molar-refractivity contribution in [3.63, 3.8) is 0 Å². The minimum absolute atomic E-state index is 0. The van der Waals surface area contributed by atoms with E-state index < -0.39 is 0 Å². The van der Waals surface area contributed by atoms with Crippen LogP contribution in [0.15, 0.2) is 24.3 Å². The van der Waals surface area contributed by atoms with Gasteiger partial charge in [0.1, 0.15) is 0 Å². The summed E-state index contributed by atoms with van der Waals surface area (Å²) >= 11 is 5.97. The summed E-state index contributed by atoms with van der Waals surface area (Å²) in [4.78, 5) is 14.4. The maximum atomic E-state index is 12.4. The van der Waals surface area contributed by atoms with E-state index in [1.54, 1.807) is 0 Å². The summed E-state index contributed by atoms with van der Waals surface area (Å²) in [7, 11) is 0. The van der Waals surface area contributed by atoms with Gasteiger partial charge in [-0.25, -0.2) is 0 Å². The van der Waals surface area contributed by atoms with Gasteiger partial charge < -0.3 is 10.2 Å². The van der Waals surface area contributed by atoms with E-state index in [1.807, 2.05) is 29.2 Å². The van der Waals surface area contributed by atoms with Crippen molar-refractivity contribution in [1.82, 2.24) is 10.2 Å². The second kappa shape index (κ2) is 8.19. The largest absolute Gasteiger partial charge is 0.342 e. The lowest BCUT2D eigenvalue weighted by molar-refractivity contribution is -0.132. The Kier molecular flexibility index (Phi) is 6.54. The first kappa shape index (κ1) is 17.6. The van der Waals surface area contributed by atoms with Crippen molar-refractivity contribution >= 4 is 29.9 Å². The normalized spacial score (nSPS) is 22.4. The minimum atomic E-state index is 0. The molecule has 3 nitrogen and oxygen atoms in total. The molecule has 1 aromatic rings. The van der Waals surface area contributed by atoms with E-state index in [1.165, 1.54) is 19.4 Å². The zero-order valence-electron chi connectivity index (χ0n) is 12.8. The number of carbonyl (C=O) groups is 1. The molecule has 0 spiro atoms. The van der Waals surface area contributed by atoms with E-state index in [9.17, 15) is 4.79 Å². The van der Waals surface area contributed by atoms with Gasteiger partial charge in [-0.1, -0.05) is 23.7 Å². The first-order chi connectivity index (χ1) is 10.2. The van der Waals surface area contributed by atoms with Crippen molar-refractivity contribution in [3.05, 3.63) is 34.9 Å². The summed E-state index contributed by atoms with van der Waals surface area (Å²) in [5.41, 5.74) is 1.01. The van der Waals surface area contributed by atoms with E-state index in [4.69, 9.17) is 11.6 Å². The molecule has 2 aliphatic rings. The van der Waals surface area contributed by atoms with Gasteiger partial charge in [0.25, 0.3) is 0 Å². The van der Waals surface area contributed by atoms with E-state index in [-0.39, 0.29) is 18.3 Å². The SMILES string of the molecule is Cl.O=C(Cc1cccc(Cl)c1)N1CCC(C2CCCN2)CC1. The summed E-state index contributed by atoms with van der Waals surface area (Å²) in [5.74, 6) is 0.984. The van der Waals surface area contributed by atoms with Crippen LogP contribution >= 0.6 is 24.0 Å². The number of hydrogen-bond acceptors (Lipinski definition) is 2. The maximum absolute atomic E-state index is 12.4. The molecule has 0 aromatic heterocycles. The van der Waals surface area contributed by atoms with Crippen molar-refractivity contribution in [1.29, 1.82) is 0 Å². The molecule has 3 rings (SSSR count). The fraction of sp³-hybridized carbons (Fsp3) is 0.588. The molecule has 2 fully saturated rings. The van der Waals surface area contributed by atoms with Crippen LogP contribution in [0.3, 0.4) is 0 Å². The Bertz CT molecular complexity index is 495. The average molecular weight is 343 g/mol. The summed E-state index contributed by atoms with van der Waals surface area (Å²) in [6.45, 7) is 2.98. The van der Waals surface area contributed by atoms with Crippen LogP contribution in [0, 0.1) is 5.92 Å². The molecule has 5 heteroatoms. The smallest absolute Gasteiger partial charge is 0.226 e. The minimum Gasteiger partial charge on any atom is -0.342 e. The second-order valence-electron chi connectivity index (χ2n) is 6.23. The van der Waals surface area contributed by atoms with E-state index in [0.717, 1.165) is 37.4 Å². The van der Waals surface area contributed by atoms with Gasteiger partial charge in [-0.15, -0.1) is 12.4 Å². The van der Waals surface area contributed by atoms with Crippen LogP contribution in [0.5, 0.6) is 0 Å². The van der Waals surface area contributed by atoms with Gasteiger partial charge in [0.2, 0.25) is 5.91 Å². The van der Waals surface area contributed by atoms with Crippen LogP contribution in [-0.4, -0.2) is 36.5 Å². The van der Waals surface area contributed by atoms with Crippen molar-refractivity contribution in [2.45, 2.75) is 38.1 Å². The van der Waals surface area contributed by atoms with Gasteiger partial charge in [-0.05, 0) is 55.8 Å². The van der Waals surface area contributed by atoms with Crippen molar-refractivity contribution < 1.29 is 4.79 Å². The molecule has 0 bridgehead atoms. The zero-order chi connectivity index (χ0) is 14.7. The standard InChI is InChI=1S/C17H23ClN2O.ClH/c18-15-4-1-3-13(11-15)12-17(21)20-9-6-14(7-10-20)16-5-2-8-19-16;/h1,3-4,11,14,16,19H,2,5-10,12H2;1H.